The topological polar surface area (TPSA) is 94.2 Å². The third-order valence-corrected chi connectivity index (χ3v) is 7.59. The number of pyridine rings is 2. The number of hydrogen-bond acceptors (Lipinski definition) is 7. The Kier molecular flexibility index (Phi) is 6.00. The Bertz CT molecular complexity index is 1190. The molecule has 0 aliphatic carbocycles. The van der Waals surface area contributed by atoms with Gasteiger partial charge in [0.1, 0.15) is 11.6 Å². The maximum absolute atomic E-state index is 13.4. The fourth-order valence-electron chi connectivity index (χ4n) is 6.00. The lowest BCUT2D eigenvalue weighted by molar-refractivity contribution is 0.0259. The third kappa shape index (κ3) is 4.56. The number of carbonyl (C=O) groups excluding carboxylic acids is 1. The van der Waals surface area contributed by atoms with Gasteiger partial charge in [0.25, 0.3) is 5.91 Å². The molecule has 0 spiro atoms. The van der Waals surface area contributed by atoms with E-state index < -0.39 is 0 Å². The smallest absolute Gasteiger partial charge is 0.254 e. The van der Waals surface area contributed by atoms with Gasteiger partial charge in [-0.3, -0.25) is 15.2 Å². The number of amides is 1. The van der Waals surface area contributed by atoms with Crippen molar-refractivity contribution in [2.24, 2.45) is 0 Å². The van der Waals surface area contributed by atoms with Gasteiger partial charge in [-0.05, 0) is 69.7 Å². The van der Waals surface area contributed by atoms with E-state index in [0.717, 1.165) is 60.2 Å². The monoisotopic (exact) mass is 471 g/mol. The minimum absolute atomic E-state index is 0.123. The molecule has 4 N–H and O–H groups in total. The summed E-state index contributed by atoms with van der Waals surface area (Å²) in [4.78, 5) is 25.1. The summed E-state index contributed by atoms with van der Waals surface area (Å²) in [5, 5.41) is 8.29. The molecule has 3 unspecified atom stereocenters. The van der Waals surface area contributed by atoms with Crippen LogP contribution < -0.4 is 21.5 Å². The number of hydrazine groups is 1. The summed E-state index contributed by atoms with van der Waals surface area (Å²) < 4.78 is 0. The van der Waals surface area contributed by atoms with Crippen LogP contribution in [0.15, 0.2) is 54.7 Å². The van der Waals surface area contributed by atoms with E-state index in [1.54, 1.807) is 0 Å². The van der Waals surface area contributed by atoms with Gasteiger partial charge in [0.2, 0.25) is 0 Å². The average Bonchev–Trinajstić information content (AvgIpc) is 3.28. The minimum Gasteiger partial charge on any atom is -0.367 e. The molecule has 0 radical (unpaired) electrons. The van der Waals surface area contributed by atoms with Crippen molar-refractivity contribution >= 4 is 28.4 Å². The van der Waals surface area contributed by atoms with E-state index in [0.29, 0.717) is 6.04 Å². The van der Waals surface area contributed by atoms with Gasteiger partial charge in [0.05, 0.1) is 11.7 Å². The summed E-state index contributed by atoms with van der Waals surface area (Å²) >= 11 is 0. The maximum atomic E-state index is 13.4. The van der Waals surface area contributed by atoms with Crippen molar-refractivity contribution in [1.82, 2.24) is 25.7 Å². The second-order valence-corrected chi connectivity index (χ2v) is 10.2. The molecule has 6 rings (SSSR count). The average molecular weight is 472 g/mol. The summed E-state index contributed by atoms with van der Waals surface area (Å²) in [6, 6.07) is 17.0. The van der Waals surface area contributed by atoms with Crippen LogP contribution in [0, 0.1) is 0 Å². The number of hydrogen-bond donors (Lipinski definition) is 4. The van der Waals surface area contributed by atoms with Crippen LogP contribution in [0.3, 0.4) is 0 Å². The second kappa shape index (κ2) is 9.43. The van der Waals surface area contributed by atoms with Crippen LogP contribution >= 0.6 is 0 Å². The van der Waals surface area contributed by atoms with Crippen LogP contribution in [-0.4, -0.2) is 51.1 Å². The molecule has 5 atom stereocenters. The molecule has 2 bridgehead atoms. The molecule has 3 aliphatic rings. The normalized spacial score (nSPS) is 28.1. The number of anilines is 2. The standard InChI is InChI=1S/C27H33N7O/c1-17-13-25(33-32-17)30-24-16-23-22(11-6-12-28-23)26(31-24)29-19-14-20-9-5-10-21(15-19)34(20)27(35)18-7-3-2-4-8-18/h2-4,6-8,11-12,16-17,19-21,25,32-33H,5,9-10,13-15H2,1H3,(H2,29,30,31)/t17?,19?,20-,21+,25?. The molecule has 3 fully saturated rings. The SMILES string of the molecule is CC1CC(Nc2cc3ncccc3c(NC3C[C@H]4CCC[C@@H](C3)N4C(=O)c3ccccc3)n2)NN1. The first-order valence-corrected chi connectivity index (χ1v) is 12.8. The number of nitrogens with zero attached hydrogens (tertiary/aromatic N) is 3. The summed E-state index contributed by atoms with van der Waals surface area (Å²) in [6.07, 6.45) is 8.09. The van der Waals surface area contributed by atoms with E-state index in [-0.39, 0.29) is 30.2 Å². The van der Waals surface area contributed by atoms with Crippen LogP contribution in [-0.2, 0) is 0 Å². The van der Waals surface area contributed by atoms with Gasteiger partial charge in [-0.1, -0.05) is 18.2 Å². The first kappa shape index (κ1) is 22.2. The van der Waals surface area contributed by atoms with Crippen LogP contribution in [0.4, 0.5) is 11.6 Å². The zero-order valence-corrected chi connectivity index (χ0v) is 20.1. The highest BCUT2D eigenvalue weighted by atomic mass is 16.2. The lowest BCUT2D eigenvalue weighted by Gasteiger charge is -2.49. The van der Waals surface area contributed by atoms with E-state index in [1.165, 1.54) is 6.42 Å². The van der Waals surface area contributed by atoms with Crippen LogP contribution in [0.1, 0.15) is 55.8 Å². The number of rotatable bonds is 5. The van der Waals surface area contributed by atoms with Crippen molar-refractivity contribution in [2.45, 2.75) is 75.8 Å². The molecule has 8 heteroatoms. The molecule has 3 saturated heterocycles. The zero-order valence-electron chi connectivity index (χ0n) is 20.1. The minimum atomic E-state index is 0.123. The Hall–Kier alpha value is -3.23. The fourth-order valence-corrected chi connectivity index (χ4v) is 6.00. The molecule has 3 aromatic rings. The van der Waals surface area contributed by atoms with Crippen molar-refractivity contribution < 1.29 is 4.79 Å². The maximum Gasteiger partial charge on any atom is 0.254 e. The molecule has 0 saturated carbocycles. The molecular formula is C27H33N7O. The van der Waals surface area contributed by atoms with Crippen LogP contribution in [0.2, 0.25) is 0 Å². The Morgan fingerprint density at radius 2 is 1.80 bits per heavy atom. The van der Waals surface area contributed by atoms with E-state index >= 15 is 0 Å². The molecule has 3 aliphatic heterocycles. The van der Waals surface area contributed by atoms with E-state index in [4.69, 9.17) is 4.98 Å². The largest absolute Gasteiger partial charge is 0.367 e. The summed E-state index contributed by atoms with van der Waals surface area (Å²) in [5.41, 5.74) is 8.24. The molecule has 182 valence electrons. The Balaban J connectivity index is 1.23. The van der Waals surface area contributed by atoms with Gasteiger partial charge >= 0.3 is 0 Å². The zero-order chi connectivity index (χ0) is 23.8. The Labute approximate surface area is 205 Å². The second-order valence-electron chi connectivity index (χ2n) is 10.2. The Morgan fingerprint density at radius 3 is 2.54 bits per heavy atom. The first-order valence-electron chi connectivity index (χ1n) is 12.8. The molecule has 5 heterocycles. The van der Waals surface area contributed by atoms with Crippen molar-refractivity contribution in [2.75, 3.05) is 10.6 Å². The summed E-state index contributed by atoms with van der Waals surface area (Å²) in [6.45, 7) is 2.16. The number of aromatic nitrogens is 2. The van der Waals surface area contributed by atoms with Gasteiger partial charge < -0.3 is 15.5 Å². The number of nitrogens with one attached hydrogen (secondary N) is 4. The lowest BCUT2D eigenvalue weighted by atomic mass is 9.81. The number of piperidine rings is 2. The van der Waals surface area contributed by atoms with E-state index in [1.807, 2.05) is 48.7 Å². The van der Waals surface area contributed by atoms with Crippen molar-refractivity contribution in [3.05, 3.63) is 60.3 Å². The predicted octanol–water partition coefficient (Wildman–Crippen LogP) is 3.89. The number of benzene rings is 1. The van der Waals surface area contributed by atoms with Crippen LogP contribution in [0.5, 0.6) is 0 Å². The van der Waals surface area contributed by atoms with Crippen LogP contribution in [0.25, 0.3) is 10.9 Å². The van der Waals surface area contributed by atoms with Crippen molar-refractivity contribution in [1.29, 1.82) is 0 Å². The van der Waals surface area contributed by atoms with Crippen molar-refractivity contribution in [3.8, 4) is 0 Å². The van der Waals surface area contributed by atoms with E-state index in [9.17, 15) is 4.79 Å². The number of carbonyl (C=O) groups is 1. The predicted molar refractivity (Wildman–Crippen MR) is 138 cm³/mol. The quantitative estimate of drug-likeness (QED) is 0.448. The summed E-state index contributed by atoms with van der Waals surface area (Å²) in [5.74, 6) is 1.84. The Morgan fingerprint density at radius 1 is 1.00 bits per heavy atom. The number of fused-ring (bicyclic) bond motifs is 3. The lowest BCUT2D eigenvalue weighted by Crippen LogP contribution is -2.57. The summed E-state index contributed by atoms with van der Waals surface area (Å²) in [7, 11) is 0. The highest BCUT2D eigenvalue weighted by molar-refractivity contribution is 5.95. The van der Waals surface area contributed by atoms with Gasteiger partial charge in [-0.2, -0.15) is 0 Å². The van der Waals surface area contributed by atoms with Gasteiger partial charge in [-0.15, -0.1) is 0 Å². The molecule has 1 amide bonds. The van der Waals surface area contributed by atoms with E-state index in [2.05, 4.69) is 44.4 Å². The van der Waals surface area contributed by atoms with Gasteiger partial charge in [0.15, 0.2) is 0 Å². The van der Waals surface area contributed by atoms with Gasteiger partial charge in [0, 0.05) is 47.4 Å². The molecular weight excluding hydrogens is 438 g/mol. The molecule has 2 aromatic heterocycles. The first-order chi connectivity index (χ1) is 17.1. The third-order valence-electron chi connectivity index (χ3n) is 7.59. The molecule has 35 heavy (non-hydrogen) atoms. The molecule has 1 aromatic carbocycles. The highest BCUT2D eigenvalue weighted by Gasteiger charge is 2.41. The highest BCUT2D eigenvalue weighted by Crippen LogP contribution is 2.37. The fraction of sp³-hybridized carbons (Fsp3) is 0.444. The van der Waals surface area contributed by atoms with Crippen molar-refractivity contribution in [3.63, 3.8) is 0 Å². The van der Waals surface area contributed by atoms with Gasteiger partial charge in [-0.25, -0.2) is 10.4 Å². The molecule has 8 nitrogen and oxygen atoms in total.